The van der Waals surface area contributed by atoms with E-state index in [1.165, 1.54) is 18.9 Å². The zero-order valence-corrected chi connectivity index (χ0v) is 12.1. The van der Waals surface area contributed by atoms with Crippen molar-refractivity contribution in [2.45, 2.75) is 45.6 Å². The van der Waals surface area contributed by atoms with E-state index in [1.54, 1.807) is 12.1 Å². The van der Waals surface area contributed by atoms with Crippen molar-refractivity contribution in [3.63, 3.8) is 0 Å². The molecule has 1 aliphatic carbocycles. The number of hydrogen-bond donors (Lipinski definition) is 1. The molecular weight excluding hydrogens is 256 g/mol. The number of ether oxygens (including phenoxy) is 1. The van der Waals surface area contributed by atoms with Crippen molar-refractivity contribution in [1.29, 1.82) is 0 Å². The van der Waals surface area contributed by atoms with Crippen LogP contribution in [0.15, 0.2) is 18.2 Å². The number of nitrogens with one attached hydrogen (secondary N) is 1. The third-order valence-electron chi connectivity index (χ3n) is 3.84. The molecule has 110 valence electrons. The molecule has 2 rings (SSSR count). The van der Waals surface area contributed by atoms with Crippen LogP contribution in [0.4, 0.5) is 11.4 Å². The topological polar surface area (TPSA) is 64.4 Å². The Morgan fingerprint density at radius 3 is 2.65 bits per heavy atom. The summed E-state index contributed by atoms with van der Waals surface area (Å²) in [4.78, 5) is 10.5. The monoisotopic (exact) mass is 278 g/mol. The third kappa shape index (κ3) is 3.62. The Hall–Kier alpha value is -1.78. The second-order valence-corrected chi connectivity index (χ2v) is 5.47. The first-order valence-electron chi connectivity index (χ1n) is 7.28. The van der Waals surface area contributed by atoms with Crippen molar-refractivity contribution < 1.29 is 9.66 Å². The summed E-state index contributed by atoms with van der Waals surface area (Å²) in [6, 6.07) is 5.47. The highest BCUT2D eigenvalue weighted by atomic mass is 16.6. The standard InChI is InChI=1S/C15H22N2O3/c1-3-20-15-10-13(8-9-14(15)17(18)19)16-12-6-4-11(2)5-7-12/h8-12,16H,3-7H2,1-2H3. The number of nitrogens with zero attached hydrogens (tertiary/aromatic N) is 1. The number of anilines is 1. The highest BCUT2D eigenvalue weighted by molar-refractivity contribution is 5.58. The molecule has 0 atom stereocenters. The van der Waals surface area contributed by atoms with E-state index in [9.17, 15) is 10.1 Å². The first-order valence-corrected chi connectivity index (χ1v) is 7.28. The fourth-order valence-electron chi connectivity index (χ4n) is 2.67. The minimum atomic E-state index is -0.406. The molecule has 0 saturated heterocycles. The molecule has 5 nitrogen and oxygen atoms in total. The first kappa shape index (κ1) is 14.6. The van der Waals surface area contributed by atoms with Crippen LogP contribution in [0.5, 0.6) is 5.75 Å². The Morgan fingerprint density at radius 1 is 1.35 bits per heavy atom. The molecule has 1 fully saturated rings. The van der Waals surface area contributed by atoms with Gasteiger partial charge in [-0.05, 0) is 44.6 Å². The van der Waals surface area contributed by atoms with Gasteiger partial charge in [-0.2, -0.15) is 0 Å². The molecular formula is C15H22N2O3. The Kier molecular flexibility index (Phi) is 4.82. The molecule has 1 aromatic rings. The highest BCUT2D eigenvalue weighted by Gasteiger charge is 2.20. The second kappa shape index (κ2) is 6.59. The van der Waals surface area contributed by atoms with E-state index in [4.69, 9.17) is 4.74 Å². The molecule has 0 bridgehead atoms. The van der Waals surface area contributed by atoms with Gasteiger partial charge in [-0.3, -0.25) is 10.1 Å². The minimum Gasteiger partial charge on any atom is -0.487 e. The van der Waals surface area contributed by atoms with E-state index >= 15 is 0 Å². The molecule has 5 heteroatoms. The maximum Gasteiger partial charge on any atom is 0.311 e. The zero-order valence-electron chi connectivity index (χ0n) is 12.1. The fourth-order valence-corrected chi connectivity index (χ4v) is 2.67. The predicted octanol–water partition coefficient (Wildman–Crippen LogP) is 3.98. The Balaban J connectivity index is 2.08. The van der Waals surface area contributed by atoms with Gasteiger partial charge in [0.05, 0.1) is 11.5 Å². The van der Waals surface area contributed by atoms with E-state index in [1.807, 2.05) is 6.92 Å². The minimum absolute atomic E-state index is 0.0228. The Labute approximate surface area is 119 Å². The third-order valence-corrected chi connectivity index (χ3v) is 3.84. The van der Waals surface area contributed by atoms with Gasteiger partial charge in [-0.15, -0.1) is 0 Å². The van der Waals surface area contributed by atoms with Crippen LogP contribution in [0.1, 0.15) is 39.5 Å². The Bertz CT molecular complexity index is 468. The summed E-state index contributed by atoms with van der Waals surface area (Å²) in [7, 11) is 0. The maximum absolute atomic E-state index is 10.9. The van der Waals surface area contributed by atoms with Crippen LogP contribution in [-0.2, 0) is 0 Å². The maximum atomic E-state index is 10.9. The van der Waals surface area contributed by atoms with Gasteiger partial charge in [0.2, 0.25) is 0 Å². The van der Waals surface area contributed by atoms with Crippen LogP contribution in [0.2, 0.25) is 0 Å². The zero-order chi connectivity index (χ0) is 14.5. The van der Waals surface area contributed by atoms with Gasteiger partial charge in [0.15, 0.2) is 5.75 Å². The number of nitro groups is 1. The highest BCUT2D eigenvalue weighted by Crippen LogP contribution is 2.32. The van der Waals surface area contributed by atoms with Gasteiger partial charge >= 0.3 is 5.69 Å². The van der Waals surface area contributed by atoms with Gasteiger partial charge in [-0.1, -0.05) is 6.92 Å². The van der Waals surface area contributed by atoms with Gasteiger partial charge in [0.1, 0.15) is 0 Å². The molecule has 0 heterocycles. The molecule has 0 aliphatic heterocycles. The number of nitro benzene ring substituents is 1. The van der Waals surface area contributed by atoms with Crippen molar-refractivity contribution in [2.75, 3.05) is 11.9 Å². The van der Waals surface area contributed by atoms with E-state index in [2.05, 4.69) is 12.2 Å². The van der Waals surface area contributed by atoms with Crippen molar-refractivity contribution in [3.05, 3.63) is 28.3 Å². The molecule has 0 amide bonds. The van der Waals surface area contributed by atoms with Crippen LogP contribution in [-0.4, -0.2) is 17.6 Å². The lowest BCUT2D eigenvalue weighted by atomic mass is 9.87. The fraction of sp³-hybridized carbons (Fsp3) is 0.600. The Morgan fingerprint density at radius 2 is 2.05 bits per heavy atom. The van der Waals surface area contributed by atoms with E-state index in [-0.39, 0.29) is 5.69 Å². The molecule has 1 aliphatic rings. The van der Waals surface area contributed by atoms with Crippen molar-refractivity contribution in [1.82, 2.24) is 0 Å². The van der Waals surface area contributed by atoms with Crippen molar-refractivity contribution in [2.24, 2.45) is 5.92 Å². The van der Waals surface area contributed by atoms with Crippen LogP contribution >= 0.6 is 0 Å². The summed E-state index contributed by atoms with van der Waals surface area (Å²) in [5, 5.41) is 14.4. The average Bonchev–Trinajstić information content (AvgIpc) is 2.42. The van der Waals surface area contributed by atoms with Gasteiger partial charge < -0.3 is 10.1 Å². The molecule has 1 aromatic carbocycles. The summed E-state index contributed by atoms with van der Waals surface area (Å²) in [5.41, 5.74) is 0.924. The smallest absolute Gasteiger partial charge is 0.311 e. The normalized spacial score (nSPS) is 22.3. The van der Waals surface area contributed by atoms with Crippen LogP contribution in [0.25, 0.3) is 0 Å². The molecule has 0 spiro atoms. The SMILES string of the molecule is CCOc1cc(NC2CCC(C)CC2)ccc1[N+](=O)[O-]. The van der Waals surface area contributed by atoms with Crippen LogP contribution in [0.3, 0.4) is 0 Å². The van der Waals surface area contributed by atoms with Gasteiger partial charge in [0.25, 0.3) is 0 Å². The van der Waals surface area contributed by atoms with Crippen molar-refractivity contribution in [3.8, 4) is 5.75 Å². The van der Waals surface area contributed by atoms with Crippen LogP contribution in [0, 0.1) is 16.0 Å². The number of benzene rings is 1. The summed E-state index contributed by atoms with van der Waals surface area (Å²) < 4.78 is 5.36. The van der Waals surface area contributed by atoms with E-state index < -0.39 is 4.92 Å². The summed E-state index contributed by atoms with van der Waals surface area (Å²) in [6.45, 7) is 4.53. The lowest BCUT2D eigenvalue weighted by Crippen LogP contribution is -2.25. The molecule has 20 heavy (non-hydrogen) atoms. The first-order chi connectivity index (χ1) is 9.60. The average molecular weight is 278 g/mol. The molecule has 0 unspecified atom stereocenters. The van der Waals surface area contributed by atoms with Gasteiger partial charge in [-0.25, -0.2) is 0 Å². The summed E-state index contributed by atoms with van der Waals surface area (Å²) in [5.74, 6) is 1.15. The molecule has 0 aromatic heterocycles. The van der Waals surface area contributed by atoms with Crippen molar-refractivity contribution >= 4 is 11.4 Å². The van der Waals surface area contributed by atoms with Gasteiger partial charge in [0, 0.05) is 23.9 Å². The lowest BCUT2D eigenvalue weighted by molar-refractivity contribution is -0.385. The number of hydrogen-bond acceptors (Lipinski definition) is 4. The summed E-state index contributed by atoms with van der Waals surface area (Å²) in [6.07, 6.45) is 4.79. The molecule has 0 radical (unpaired) electrons. The second-order valence-electron chi connectivity index (χ2n) is 5.47. The predicted molar refractivity (Wildman–Crippen MR) is 79.3 cm³/mol. The van der Waals surface area contributed by atoms with E-state index in [0.717, 1.165) is 24.4 Å². The molecule has 1 saturated carbocycles. The molecule has 1 N–H and O–H groups in total. The van der Waals surface area contributed by atoms with Crippen LogP contribution < -0.4 is 10.1 Å². The summed E-state index contributed by atoms with van der Waals surface area (Å²) >= 11 is 0. The quantitative estimate of drug-likeness (QED) is 0.653. The van der Waals surface area contributed by atoms with E-state index in [0.29, 0.717) is 18.4 Å². The largest absolute Gasteiger partial charge is 0.487 e. The number of rotatable bonds is 5. The lowest BCUT2D eigenvalue weighted by Gasteiger charge is -2.27.